The Bertz CT molecular complexity index is 916. The molecule has 0 saturated heterocycles. The predicted molar refractivity (Wildman–Crippen MR) is 115 cm³/mol. The first kappa shape index (κ1) is 19.3. The summed E-state index contributed by atoms with van der Waals surface area (Å²) in [6, 6.07) is 26.3. The van der Waals surface area contributed by atoms with E-state index in [-0.39, 0.29) is 10.9 Å². The Morgan fingerprint density at radius 1 is 0.889 bits per heavy atom. The number of carbonyl (C=O) groups is 1. The van der Waals surface area contributed by atoms with Gasteiger partial charge in [0.2, 0.25) is 0 Å². The molecule has 0 bridgehead atoms. The van der Waals surface area contributed by atoms with Crippen molar-refractivity contribution in [3.63, 3.8) is 0 Å². The summed E-state index contributed by atoms with van der Waals surface area (Å²) in [6.45, 7) is 6.61. The summed E-state index contributed by atoms with van der Waals surface area (Å²) >= 11 is 0. The smallest absolute Gasteiger partial charge is 0.160 e. The second-order valence-electron chi connectivity index (χ2n) is 7.12. The van der Waals surface area contributed by atoms with Crippen molar-refractivity contribution in [2.75, 3.05) is 0 Å². The van der Waals surface area contributed by atoms with Crippen LogP contribution in [0.4, 0.5) is 0 Å². The van der Waals surface area contributed by atoms with Gasteiger partial charge in [0.25, 0.3) is 0 Å². The molecule has 0 radical (unpaired) electrons. The lowest BCUT2D eigenvalue weighted by atomic mass is 10.0. The molecule has 3 rings (SSSR count). The van der Waals surface area contributed by atoms with Gasteiger partial charge in [-0.1, -0.05) is 95.2 Å². The molecule has 0 aliphatic carbocycles. The van der Waals surface area contributed by atoms with Gasteiger partial charge in [0.15, 0.2) is 5.78 Å². The van der Waals surface area contributed by atoms with Crippen LogP contribution in [0, 0.1) is 0 Å². The van der Waals surface area contributed by atoms with E-state index in [4.69, 9.17) is 4.74 Å². The van der Waals surface area contributed by atoms with E-state index in [9.17, 15) is 4.79 Å². The van der Waals surface area contributed by atoms with Crippen molar-refractivity contribution >= 4 is 19.7 Å². The van der Waals surface area contributed by atoms with Crippen molar-refractivity contribution in [2.45, 2.75) is 32.5 Å². The Balaban J connectivity index is 1.86. The molecule has 2 nitrogen and oxygen atoms in total. The summed E-state index contributed by atoms with van der Waals surface area (Å²) in [5.41, 5.74) is 3.12. The normalized spacial score (nSPS) is 11.7. The average Bonchev–Trinajstić information content (AvgIpc) is 2.67. The molecule has 1 unspecified atom stereocenters. The van der Waals surface area contributed by atoms with E-state index in [0.29, 0.717) is 15.2 Å². The standard InChI is InChI=1S/C24H25O2P/c1-18(25)20-13-7-10-16-23(20)27-24(2,3)21-14-8-9-15-22(21)26-17-19-11-5-4-6-12-19/h4-16,27H,17H2,1-3H3. The van der Waals surface area contributed by atoms with E-state index < -0.39 is 0 Å². The van der Waals surface area contributed by atoms with Crippen LogP contribution in [0.15, 0.2) is 78.9 Å². The van der Waals surface area contributed by atoms with Crippen molar-refractivity contribution in [3.8, 4) is 5.75 Å². The fourth-order valence-corrected chi connectivity index (χ4v) is 4.74. The topological polar surface area (TPSA) is 26.3 Å². The minimum Gasteiger partial charge on any atom is -0.489 e. The number of ether oxygens (including phenoxy) is 1. The molecule has 0 amide bonds. The fraction of sp³-hybridized carbons (Fsp3) is 0.208. The SMILES string of the molecule is CC(=O)c1ccccc1PC(C)(C)c1ccccc1OCc1ccccc1. The highest BCUT2D eigenvalue weighted by Gasteiger charge is 2.26. The molecular weight excluding hydrogens is 351 g/mol. The van der Waals surface area contributed by atoms with E-state index in [1.807, 2.05) is 54.6 Å². The second kappa shape index (κ2) is 8.50. The molecule has 3 aromatic rings. The highest BCUT2D eigenvalue weighted by Crippen LogP contribution is 2.44. The molecule has 0 heterocycles. The maximum Gasteiger partial charge on any atom is 0.160 e. The predicted octanol–water partition coefficient (Wildman–Crippen LogP) is 5.71. The summed E-state index contributed by atoms with van der Waals surface area (Å²) in [4.78, 5) is 12.0. The molecule has 0 saturated carbocycles. The quantitative estimate of drug-likeness (QED) is 0.390. The maximum absolute atomic E-state index is 12.0. The van der Waals surface area contributed by atoms with Gasteiger partial charge in [-0.25, -0.2) is 0 Å². The van der Waals surface area contributed by atoms with E-state index in [0.717, 1.165) is 27.7 Å². The van der Waals surface area contributed by atoms with E-state index in [2.05, 4.69) is 38.1 Å². The number of Topliss-reactive ketones (excluding diaryl/α,β-unsaturated/α-hetero) is 1. The molecule has 1 atom stereocenters. The van der Waals surface area contributed by atoms with Gasteiger partial charge in [-0.2, -0.15) is 0 Å². The molecule has 3 aromatic carbocycles. The fourth-order valence-electron chi connectivity index (χ4n) is 3.15. The minimum atomic E-state index is -0.140. The molecule has 0 spiro atoms. The second-order valence-corrected chi connectivity index (χ2v) is 9.16. The summed E-state index contributed by atoms with van der Waals surface area (Å²) in [5.74, 6) is 1.02. The van der Waals surface area contributed by atoms with Gasteiger partial charge in [0.1, 0.15) is 12.4 Å². The summed E-state index contributed by atoms with van der Waals surface area (Å²) < 4.78 is 6.16. The van der Waals surface area contributed by atoms with Gasteiger partial charge in [-0.05, 0) is 23.9 Å². The van der Waals surface area contributed by atoms with Gasteiger partial charge in [0, 0.05) is 16.3 Å². The third-order valence-corrected chi connectivity index (χ3v) is 6.15. The third kappa shape index (κ3) is 4.84. The van der Waals surface area contributed by atoms with Gasteiger partial charge >= 0.3 is 0 Å². The van der Waals surface area contributed by atoms with E-state index in [1.165, 1.54) is 0 Å². The number of hydrogen-bond acceptors (Lipinski definition) is 2. The Hall–Kier alpha value is -2.44. The Labute approximate surface area is 163 Å². The van der Waals surface area contributed by atoms with Crippen molar-refractivity contribution in [1.29, 1.82) is 0 Å². The molecule has 0 aromatic heterocycles. The summed E-state index contributed by atoms with van der Waals surface area (Å²) in [5, 5.41) is 0.964. The zero-order valence-electron chi connectivity index (χ0n) is 16.0. The zero-order chi connectivity index (χ0) is 19.3. The van der Waals surface area contributed by atoms with Crippen molar-refractivity contribution in [1.82, 2.24) is 0 Å². The number of benzene rings is 3. The number of carbonyl (C=O) groups excluding carboxylic acids is 1. The van der Waals surface area contributed by atoms with Crippen LogP contribution in [0.2, 0.25) is 0 Å². The highest BCUT2D eigenvalue weighted by molar-refractivity contribution is 7.48. The molecule has 0 fully saturated rings. The Kier molecular flexibility index (Phi) is 6.08. The molecule has 138 valence electrons. The lowest BCUT2D eigenvalue weighted by Crippen LogP contribution is -2.19. The average molecular weight is 376 g/mol. The first-order chi connectivity index (χ1) is 13.0. The van der Waals surface area contributed by atoms with Gasteiger partial charge in [-0.15, -0.1) is 0 Å². The van der Waals surface area contributed by atoms with Crippen LogP contribution in [-0.2, 0) is 11.8 Å². The molecule has 27 heavy (non-hydrogen) atoms. The van der Waals surface area contributed by atoms with E-state index in [1.54, 1.807) is 6.92 Å². The molecule has 0 N–H and O–H groups in total. The third-order valence-electron chi connectivity index (χ3n) is 4.55. The lowest BCUT2D eigenvalue weighted by Gasteiger charge is -2.28. The van der Waals surface area contributed by atoms with Gasteiger partial charge in [0.05, 0.1) is 0 Å². The Morgan fingerprint density at radius 3 is 2.26 bits per heavy atom. The number of para-hydroxylation sites is 1. The van der Waals surface area contributed by atoms with Crippen LogP contribution >= 0.6 is 8.58 Å². The lowest BCUT2D eigenvalue weighted by molar-refractivity contribution is 0.101. The van der Waals surface area contributed by atoms with Crippen molar-refractivity contribution < 1.29 is 9.53 Å². The van der Waals surface area contributed by atoms with Crippen LogP contribution in [0.3, 0.4) is 0 Å². The largest absolute Gasteiger partial charge is 0.489 e. The van der Waals surface area contributed by atoms with Crippen LogP contribution in [-0.4, -0.2) is 5.78 Å². The van der Waals surface area contributed by atoms with Crippen LogP contribution in [0.1, 0.15) is 42.3 Å². The maximum atomic E-state index is 12.0. The molecule has 0 aliphatic heterocycles. The molecule has 0 aliphatic rings. The highest BCUT2D eigenvalue weighted by atomic mass is 31.1. The molecular formula is C24H25O2P. The van der Waals surface area contributed by atoms with Crippen LogP contribution in [0.5, 0.6) is 5.75 Å². The van der Waals surface area contributed by atoms with Crippen molar-refractivity contribution in [3.05, 3.63) is 95.6 Å². The summed E-state index contributed by atoms with van der Waals surface area (Å²) in [6.07, 6.45) is 0. The number of hydrogen-bond donors (Lipinski definition) is 0. The van der Waals surface area contributed by atoms with Gasteiger partial charge < -0.3 is 4.74 Å². The monoisotopic (exact) mass is 376 g/mol. The van der Waals surface area contributed by atoms with Gasteiger partial charge in [-0.3, -0.25) is 4.79 Å². The number of ketones is 1. The minimum absolute atomic E-state index is 0.113. The van der Waals surface area contributed by atoms with Crippen LogP contribution < -0.4 is 10.0 Å². The first-order valence-corrected chi connectivity index (χ1v) is 10.1. The zero-order valence-corrected chi connectivity index (χ0v) is 17.0. The summed E-state index contributed by atoms with van der Waals surface area (Å²) in [7, 11) is 0.467. The first-order valence-electron chi connectivity index (χ1n) is 9.12. The van der Waals surface area contributed by atoms with Crippen LogP contribution in [0.25, 0.3) is 0 Å². The van der Waals surface area contributed by atoms with E-state index >= 15 is 0 Å². The molecule has 3 heteroatoms. The Morgan fingerprint density at radius 2 is 1.52 bits per heavy atom. The van der Waals surface area contributed by atoms with Crippen molar-refractivity contribution in [2.24, 2.45) is 0 Å². The number of rotatable bonds is 7.